The molecule has 5 heteroatoms. The van der Waals surface area contributed by atoms with E-state index in [0.29, 0.717) is 11.7 Å². The summed E-state index contributed by atoms with van der Waals surface area (Å²) in [5, 5.41) is 5.45. The van der Waals surface area contributed by atoms with Gasteiger partial charge in [0.25, 0.3) is 0 Å². The second-order valence-corrected chi connectivity index (χ2v) is 14.2. The van der Waals surface area contributed by atoms with Gasteiger partial charge in [0.15, 0.2) is 11.4 Å². The lowest BCUT2D eigenvalue weighted by molar-refractivity contribution is 0.620. The molecular weight excluding hydrogens is 697 g/mol. The Morgan fingerprint density at radius 3 is 1.67 bits per heavy atom. The number of rotatable bonds is 6. The lowest BCUT2D eigenvalue weighted by Gasteiger charge is -2.13. The van der Waals surface area contributed by atoms with Gasteiger partial charge < -0.3 is 4.42 Å². The van der Waals surface area contributed by atoms with Crippen molar-refractivity contribution in [3.8, 4) is 67.7 Å². The summed E-state index contributed by atoms with van der Waals surface area (Å²) in [6, 6.07) is 66.9. The van der Waals surface area contributed by atoms with Gasteiger partial charge in [0, 0.05) is 44.0 Å². The van der Waals surface area contributed by atoms with Crippen LogP contribution in [0.15, 0.2) is 199 Å². The van der Waals surface area contributed by atoms with Gasteiger partial charge in [0.1, 0.15) is 5.52 Å². The van der Waals surface area contributed by atoms with Crippen molar-refractivity contribution in [3.05, 3.63) is 194 Å². The van der Waals surface area contributed by atoms with Crippen molar-refractivity contribution in [1.82, 2.24) is 19.9 Å². The molecule has 0 fully saturated rings. The molecule has 11 aromatic rings. The average Bonchev–Trinajstić information content (AvgIpc) is 3.74. The minimum atomic E-state index is 0.600. The maximum Gasteiger partial charge on any atom is 0.227 e. The molecule has 0 unspecified atom stereocenters. The molecule has 266 valence electrons. The van der Waals surface area contributed by atoms with Crippen LogP contribution in [0.4, 0.5) is 0 Å². The van der Waals surface area contributed by atoms with Gasteiger partial charge in [-0.15, -0.1) is 0 Å². The van der Waals surface area contributed by atoms with E-state index in [2.05, 4.69) is 121 Å². The van der Waals surface area contributed by atoms with Crippen molar-refractivity contribution in [1.29, 1.82) is 0 Å². The number of fused-ring (bicyclic) bond motifs is 6. The lowest BCUT2D eigenvalue weighted by atomic mass is 9.95. The topological polar surface area (TPSA) is 64.7 Å². The molecule has 0 aliphatic carbocycles. The monoisotopic (exact) mass is 728 g/mol. The summed E-state index contributed by atoms with van der Waals surface area (Å²) in [4.78, 5) is 20.5. The molecule has 3 heterocycles. The molecule has 8 aromatic carbocycles. The molecule has 0 radical (unpaired) electrons. The predicted octanol–water partition coefficient (Wildman–Crippen LogP) is 13.5. The van der Waals surface area contributed by atoms with Crippen LogP contribution in [-0.4, -0.2) is 19.9 Å². The lowest BCUT2D eigenvalue weighted by Crippen LogP contribution is -1.95. The number of benzene rings is 8. The Balaban J connectivity index is 1.05. The molecule has 11 rings (SSSR count). The molecular formula is C52H32N4O. The fraction of sp³-hybridized carbons (Fsp3) is 0. The van der Waals surface area contributed by atoms with Crippen LogP contribution in [0.2, 0.25) is 0 Å². The maximum absolute atomic E-state index is 6.38. The van der Waals surface area contributed by atoms with E-state index in [-0.39, 0.29) is 0 Å². The van der Waals surface area contributed by atoms with E-state index in [1.807, 2.05) is 72.8 Å². The fourth-order valence-corrected chi connectivity index (χ4v) is 7.82. The van der Waals surface area contributed by atoms with Crippen molar-refractivity contribution in [2.75, 3.05) is 0 Å². The SMILES string of the molecule is c1ccc(-c2cc(-c3ccc(-c4ccc5c(c4)nc(-c4ccc6ccccc6c4)c4ccc6oc(-c7ccccc7)nc6c45)cc3)nc(-c3ccccc3)n2)cc1. The van der Waals surface area contributed by atoms with E-state index in [1.165, 1.54) is 10.8 Å². The van der Waals surface area contributed by atoms with Gasteiger partial charge in [-0.25, -0.2) is 19.9 Å². The molecule has 0 N–H and O–H groups in total. The first-order valence-corrected chi connectivity index (χ1v) is 19.0. The first-order chi connectivity index (χ1) is 28.2. The van der Waals surface area contributed by atoms with Crippen molar-refractivity contribution in [2.45, 2.75) is 0 Å². The second-order valence-electron chi connectivity index (χ2n) is 14.2. The zero-order chi connectivity index (χ0) is 37.7. The van der Waals surface area contributed by atoms with Crippen molar-refractivity contribution in [3.63, 3.8) is 0 Å². The molecule has 0 bridgehead atoms. The van der Waals surface area contributed by atoms with Gasteiger partial charge in [-0.05, 0) is 64.4 Å². The molecule has 3 aromatic heterocycles. The molecule has 0 saturated heterocycles. The van der Waals surface area contributed by atoms with Gasteiger partial charge >= 0.3 is 0 Å². The molecule has 0 saturated carbocycles. The molecule has 5 nitrogen and oxygen atoms in total. The van der Waals surface area contributed by atoms with Crippen LogP contribution in [-0.2, 0) is 0 Å². The van der Waals surface area contributed by atoms with Crippen LogP contribution in [0.5, 0.6) is 0 Å². The number of hydrogen-bond donors (Lipinski definition) is 0. The summed E-state index contributed by atoms with van der Waals surface area (Å²) in [6.07, 6.45) is 0. The highest BCUT2D eigenvalue weighted by molar-refractivity contribution is 6.21. The van der Waals surface area contributed by atoms with Gasteiger partial charge in [0.2, 0.25) is 5.89 Å². The number of pyridine rings is 1. The van der Waals surface area contributed by atoms with E-state index in [0.717, 1.165) is 88.8 Å². The predicted molar refractivity (Wildman–Crippen MR) is 233 cm³/mol. The Bertz CT molecular complexity index is 3210. The van der Waals surface area contributed by atoms with Crippen LogP contribution in [0.1, 0.15) is 0 Å². The maximum atomic E-state index is 6.38. The van der Waals surface area contributed by atoms with Crippen LogP contribution >= 0.6 is 0 Å². The molecule has 0 aliphatic heterocycles. The third kappa shape index (κ3) is 5.90. The van der Waals surface area contributed by atoms with Crippen molar-refractivity contribution >= 4 is 43.5 Å². The van der Waals surface area contributed by atoms with E-state index in [1.54, 1.807) is 0 Å². The van der Waals surface area contributed by atoms with Crippen molar-refractivity contribution in [2.24, 2.45) is 0 Å². The number of nitrogens with zero attached hydrogens (tertiary/aromatic N) is 4. The molecule has 57 heavy (non-hydrogen) atoms. The second kappa shape index (κ2) is 13.5. The summed E-state index contributed by atoms with van der Waals surface area (Å²) >= 11 is 0. The molecule has 0 aliphatic rings. The quantitative estimate of drug-likeness (QED) is 0.160. The van der Waals surface area contributed by atoms with Crippen LogP contribution < -0.4 is 0 Å². The third-order valence-electron chi connectivity index (χ3n) is 10.7. The summed E-state index contributed by atoms with van der Waals surface area (Å²) in [7, 11) is 0. The molecule has 0 amide bonds. The molecule has 0 atom stereocenters. The van der Waals surface area contributed by atoms with E-state index in [4.69, 9.17) is 24.4 Å². The number of aromatic nitrogens is 4. The van der Waals surface area contributed by atoms with Gasteiger partial charge in [-0.2, -0.15) is 0 Å². The van der Waals surface area contributed by atoms with E-state index in [9.17, 15) is 0 Å². The minimum Gasteiger partial charge on any atom is -0.436 e. The Hall–Kier alpha value is -7.76. The Kier molecular flexibility index (Phi) is 7.74. The van der Waals surface area contributed by atoms with Crippen LogP contribution in [0.3, 0.4) is 0 Å². The minimum absolute atomic E-state index is 0.600. The van der Waals surface area contributed by atoms with Gasteiger partial charge in [-0.1, -0.05) is 152 Å². The Morgan fingerprint density at radius 1 is 0.351 bits per heavy atom. The smallest absolute Gasteiger partial charge is 0.227 e. The highest BCUT2D eigenvalue weighted by Crippen LogP contribution is 2.40. The van der Waals surface area contributed by atoms with E-state index < -0.39 is 0 Å². The number of hydrogen-bond acceptors (Lipinski definition) is 5. The number of oxazole rings is 1. The first kappa shape index (κ1) is 32.7. The van der Waals surface area contributed by atoms with E-state index >= 15 is 0 Å². The van der Waals surface area contributed by atoms with Gasteiger partial charge in [0.05, 0.1) is 22.6 Å². The zero-order valence-corrected chi connectivity index (χ0v) is 30.7. The largest absolute Gasteiger partial charge is 0.436 e. The summed E-state index contributed by atoms with van der Waals surface area (Å²) in [5.41, 5.74) is 12.3. The highest BCUT2D eigenvalue weighted by Gasteiger charge is 2.19. The zero-order valence-electron chi connectivity index (χ0n) is 30.7. The summed E-state index contributed by atoms with van der Waals surface area (Å²) in [5.74, 6) is 1.30. The normalized spacial score (nSPS) is 11.5. The van der Waals surface area contributed by atoms with Crippen molar-refractivity contribution < 1.29 is 4.42 Å². The van der Waals surface area contributed by atoms with Crippen LogP contribution in [0, 0.1) is 0 Å². The van der Waals surface area contributed by atoms with Gasteiger partial charge in [-0.3, -0.25) is 0 Å². The Morgan fingerprint density at radius 2 is 0.930 bits per heavy atom. The summed E-state index contributed by atoms with van der Waals surface area (Å²) in [6.45, 7) is 0. The Labute approximate surface area is 328 Å². The fourth-order valence-electron chi connectivity index (χ4n) is 7.82. The third-order valence-corrected chi connectivity index (χ3v) is 10.7. The average molecular weight is 729 g/mol. The standard InChI is InChI=1S/C52H32N4O/c1-4-13-35(14-5-1)44-32-45(55-51(54-44)37-15-6-2-7-16-37)36-23-20-34(21-24-36)40-26-27-42-46(31-40)53-49(41-25-22-33-12-10-11-19-39(33)30-41)43-28-29-47-50(48(42)43)56-52(57-47)38-17-8-3-9-18-38/h1-32H. The first-order valence-electron chi connectivity index (χ1n) is 19.0. The molecule has 0 spiro atoms. The van der Waals surface area contributed by atoms with Crippen LogP contribution in [0.25, 0.3) is 111 Å². The highest BCUT2D eigenvalue weighted by atomic mass is 16.3. The summed E-state index contributed by atoms with van der Waals surface area (Å²) < 4.78 is 6.38.